The lowest BCUT2D eigenvalue weighted by Crippen LogP contribution is -1.98. The monoisotopic (exact) mass is 393 g/mol. The van der Waals surface area contributed by atoms with Crippen LogP contribution in [-0.4, -0.2) is 16.1 Å². The first-order valence-electron chi connectivity index (χ1n) is 4.22. The molecule has 2 rings (SSSR count). The molecule has 0 radical (unpaired) electrons. The Hall–Kier alpha value is -0.890. The van der Waals surface area contributed by atoms with Gasteiger partial charge in [0.25, 0.3) is 0 Å². The summed E-state index contributed by atoms with van der Waals surface area (Å²) in [6.07, 6.45) is 1.13. The zero-order valence-corrected chi connectivity index (χ0v) is 11.5. The van der Waals surface area contributed by atoms with Crippen molar-refractivity contribution in [2.45, 2.75) is 0 Å². The van der Waals surface area contributed by atoms with Crippen molar-refractivity contribution in [2.24, 2.45) is 0 Å². The van der Waals surface area contributed by atoms with Gasteiger partial charge in [0.05, 0.1) is 0 Å². The standard InChI is InChI=1S/C10H5BrINO3/c11-7-2-1-5(12)3-6(7)9-8(10(14)15)13-4-16-9/h1-4H,(H,14,15). The third-order valence-corrected chi connectivity index (χ3v) is 3.31. The molecule has 0 aliphatic carbocycles. The summed E-state index contributed by atoms with van der Waals surface area (Å²) in [7, 11) is 0. The summed E-state index contributed by atoms with van der Waals surface area (Å²) in [5.74, 6) is -0.840. The number of aromatic carboxylic acids is 1. The third kappa shape index (κ3) is 2.12. The van der Waals surface area contributed by atoms with Gasteiger partial charge >= 0.3 is 5.97 Å². The highest BCUT2D eigenvalue weighted by Crippen LogP contribution is 2.31. The highest BCUT2D eigenvalue weighted by molar-refractivity contribution is 14.1. The van der Waals surface area contributed by atoms with Crippen molar-refractivity contribution >= 4 is 44.5 Å². The molecular formula is C10H5BrINO3. The summed E-state index contributed by atoms with van der Waals surface area (Å²) in [4.78, 5) is 14.6. The number of oxazole rings is 1. The van der Waals surface area contributed by atoms with Crippen molar-refractivity contribution in [1.82, 2.24) is 4.98 Å². The molecule has 0 amide bonds. The van der Waals surface area contributed by atoms with Crippen LogP contribution in [0.1, 0.15) is 10.5 Å². The highest BCUT2D eigenvalue weighted by atomic mass is 127. The van der Waals surface area contributed by atoms with Crippen molar-refractivity contribution in [1.29, 1.82) is 0 Å². The molecule has 1 aromatic heterocycles. The van der Waals surface area contributed by atoms with E-state index >= 15 is 0 Å². The fourth-order valence-electron chi connectivity index (χ4n) is 1.26. The van der Waals surface area contributed by atoms with E-state index in [-0.39, 0.29) is 11.5 Å². The van der Waals surface area contributed by atoms with Gasteiger partial charge in [-0.1, -0.05) is 15.9 Å². The van der Waals surface area contributed by atoms with Gasteiger partial charge in [0.15, 0.2) is 17.8 Å². The van der Waals surface area contributed by atoms with Crippen molar-refractivity contribution in [3.05, 3.63) is 38.3 Å². The van der Waals surface area contributed by atoms with Crippen molar-refractivity contribution < 1.29 is 14.3 Å². The molecular weight excluding hydrogens is 389 g/mol. The van der Waals surface area contributed by atoms with Crippen LogP contribution in [0.5, 0.6) is 0 Å². The summed E-state index contributed by atoms with van der Waals surface area (Å²) >= 11 is 5.50. The van der Waals surface area contributed by atoms with E-state index in [1.807, 2.05) is 18.2 Å². The van der Waals surface area contributed by atoms with E-state index in [0.29, 0.717) is 5.56 Å². The second-order valence-corrected chi connectivity index (χ2v) is 5.06. The Kier molecular flexibility index (Phi) is 3.29. The van der Waals surface area contributed by atoms with Crippen LogP contribution in [0.25, 0.3) is 11.3 Å². The van der Waals surface area contributed by atoms with E-state index in [1.54, 1.807) is 0 Å². The van der Waals surface area contributed by atoms with Gasteiger partial charge in [0.1, 0.15) is 0 Å². The lowest BCUT2D eigenvalue weighted by Gasteiger charge is -2.02. The summed E-state index contributed by atoms with van der Waals surface area (Å²) < 4.78 is 6.88. The van der Waals surface area contributed by atoms with Crippen LogP contribution in [0.15, 0.2) is 33.5 Å². The minimum atomic E-state index is -1.10. The Morgan fingerprint density at radius 2 is 2.25 bits per heavy atom. The number of hydrogen-bond donors (Lipinski definition) is 1. The molecule has 1 aromatic carbocycles. The van der Waals surface area contributed by atoms with Gasteiger partial charge in [-0.15, -0.1) is 0 Å². The van der Waals surface area contributed by atoms with E-state index in [0.717, 1.165) is 14.4 Å². The van der Waals surface area contributed by atoms with Crippen LogP contribution in [0.4, 0.5) is 0 Å². The van der Waals surface area contributed by atoms with Crippen LogP contribution >= 0.6 is 38.5 Å². The summed E-state index contributed by atoms with van der Waals surface area (Å²) in [5.41, 5.74) is 0.601. The van der Waals surface area contributed by atoms with Crippen molar-refractivity contribution in [3.63, 3.8) is 0 Å². The van der Waals surface area contributed by atoms with Gasteiger partial charge in [-0.05, 0) is 40.8 Å². The van der Waals surface area contributed by atoms with Crippen LogP contribution in [0, 0.1) is 3.57 Å². The molecule has 0 aliphatic rings. The molecule has 6 heteroatoms. The maximum Gasteiger partial charge on any atom is 0.358 e. The molecule has 0 aliphatic heterocycles. The predicted octanol–water partition coefficient (Wildman–Crippen LogP) is 3.41. The zero-order valence-electron chi connectivity index (χ0n) is 7.78. The fourth-order valence-corrected chi connectivity index (χ4v) is 2.18. The van der Waals surface area contributed by atoms with Gasteiger partial charge in [0.2, 0.25) is 0 Å². The summed E-state index contributed by atoms with van der Waals surface area (Å²) in [5, 5.41) is 8.94. The molecule has 1 N–H and O–H groups in total. The Balaban J connectivity index is 2.62. The largest absolute Gasteiger partial charge is 0.476 e. The number of nitrogens with zero attached hydrogens (tertiary/aromatic N) is 1. The van der Waals surface area contributed by atoms with E-state index in [9.17, 15) is 4.79 Å². The molecule has 0 spiro atoms. The van der Waals surface area contributed by atoms with Crippen molar-refractivity contribution in [2.75, 3.05) is 0 Å². The van der Waals surface area contributed by atoms with Gasteiger partial charge in [-0.3, -0.25) is 0 Å². The topological polar surface area (TPSA) is 63.3 Å². The summed E-state index contributed by atoms with van der Waals surface area (Å²) in [6.45, 7) is 0. The molecule has 0 saturated heterocycles. The Morgan fingerprint density at radius 1 is 1.50 bits per heavy atom. The highest BCUT2D eigenvalue weighted by Gasteiger charge is 2.19. The minimum Gasteiger partial charge on any atom is -0.476 e. The fraction of sp³-hybridized carbons (Fsp3) is 0. The molecule has 4 nitrogen and oxygen atoms in total. The smallest absolute Gasteiger partial charge is 0.358 e. The van der Waals surface area contributed by atoms with E-state index in [1.165, 1.54) is 0 Å². The SMILES string of the molecule is O=C(O)c1ncoc1-c1cc(I)ccc1Br. The van der Waals surface area contributed by atoms with Gasteiger partial charge in [0, 0.05) is 13.6 Å². The predicted molar refractivity (Wildman–Crippen MR) is 69.3 cm³/mol. The average molecular weight is 394 g/mol. The number of carboxylic acid groups (broad SMARTS) is 1. The number of halogens is 2. The molecule has 0 bridgehead atoms. The second kappa shape index (κ2) is 4.54. The molecule has 1 heterocycles. The maximum absolute atomic E-state index is 10.9. The van der Waals surface area contributed by atoms with Crippen LogP contribution < -0.4 is 0 Å². The van der Waals surface area contributed by atoms with E-state index < -0.39 is 5.97 Å². The molecule has 0 unspecified atom stereocenters. The molecule has 0 atom stereocenters. The molecule has 2 aromatic rings. The van der Waals surface area contributed by atoms with E-state index in [4.69, 9.17) is 9.52 Å². The number of aromatic nitrogens is 1. The van der Waals surface area contributed by atoms with Crippen LogP contribution in [0.2, 0.25) is 0 Å². The first-order chi connectivity index (χ1) is 7.59. The molecule has 82 valence electrons. The Labute approximate surface area is 113 Å². The zero-order chi connectivity index (χ0) is 11.7. The Bertz CT molecular complexity index is 553. The first-order valence-corrected chi connectivity index (χ1v) is 6.09. The number of benzene rings is 1. The lowest BCUT2D eigenvalue weighted by atomic mass is 10.1. The second-order valence-electron chi connectivity index (χ2n) is 2.96. The number of rotatable bonds is 2. The lowest BCUT2D eigenvalue weighted by molar-refractivity contribution is 0.0691. The number of carboxylic acids is 1. The van der Waals surface area contributed by atoms with E-state index in [2.05, 4.69) is 43.5 Å². The number of carbonyl (C=O) groups is 1. The molecule has 0 saturated carbocycles. The van der Waals surface area contributed by atoms with Gasteiger partial charge in [-0.2, -0.15) is 0 Å². The quantitative estimate of drug-likeness (QED) is 0.794. The Morgan fingerprint density at radius 3 is 2.94 bits per heavy atom. The van der Waals surface area contributed by atoms with Crippen LogP contribution in [0.3, 0.4) is 0 Å². The first kappa shape index (κ1) is 11.6. The molecule has 16 heavy (non-hydrogen) atoms. The third-order valence-electron chi connectivity index (χ3n) is 1.94. The summed E-state index contributed by atoms with van der Waals surface area (Å²) in [6, 6.07) is 5.58. The van der Waals surface area contributed by atoms with Gasteiger partial charge in [-0.25, -0.2) is 9.78 Å². The van der Waals surface area contributed by atoms with Gasteiger partial charge < -0.3 is 9.52 Å². The normalized spacial score (nSPS) is 10.4. The maximum atomic E-state index is 10.9. The molecule has 0 fully saturated rings. The van der Waals surface area contributed by atoms with Crippen molar-refractivity contribution in [3.8, 4) is 11.3 Å². The van der Waals surface area contributed by atoms with Crippen LogP contribution in [-0.2, 0) is 0 Å². The number of hydrogen-bond acceptors (Lipinski definition) is 3. The average Bonchev–Trinajstić information content (AvgIpc) is 2.70. The minimum absolute atomic E-state index is 0.0808.